The highest BCUT2D eigenvalue weighted by molar-refractivity contribution is 5.54. The zero-order chi connectivity index (χ0) is 12.6. The quantitative estimate of drug-likeness (QED) is 0.885. The Kier molecular flexibility index (Phi) is 2.94. The molecule has 3 rings (SSSR count). The van der Waals surface area contributed by atoms with Crippen molar-refractivity contribution in [2.45, 2.75) is 25.7 Å². The maximum Gasteiger partial charge on any atom is 0.122 e. The van der Waals surface area contributed by atoms with Crippen LogP contribution in [0.5, 0.6) is 5.75 Å². The Morgan fingerprint density at radius 1 is 1.39 bits per heavy atom. The van der Waals surface area contributed by atoms with Gasteiger partial charge in [0, 0.05) is 31.1 Å². The fraction of sp³-hybridized carbons (Fsp3) is 0.600. The minimum absolute atomic E-state index is 0.365. The Morgan fingerprint density at radius 3 is 2.89 bits per heavy atom. The fourth-order valence-corrected chi connectivity index (χ4v) is 3.11. The van der Waals surface area contributed by atoms with Crippen molar-refractivity contribution in [2.75, 3.05) is 31.6 Å². The van der Waals surface area contributed by atoms with Gasteiger partial charge in [-0.2, -0.15) is 0 Å². The second kappa shape index (κ2) is 4.47. The van der Waals surface area contributed by atoms with E-state index in [1.54, 1.807) is 0 Å². The molecule has 1 heterocycles. The van der Waals surface area contributed by atoms with Gasteiger partial charge in [-0.05, 0) is 43.1 Å². The van der Waals surface area contributed by atoms with Gasteiger partial charge in [-0.3, -0.25) is 0 Å². The average Bonchev–Trinajstić information content (AvgIpc) is 2.80. The molecule has 1 saturated carbocycles. The molecule has 3 nitrogen and oxygen atoms in total. The Balaban J connectivity index is 1.74. The lowest BCUT2D eigenvalue weighted by Gasteiger charge is -2.44. The van der Waals surface area contributed by atoms with Crippen LogP contribution in [0, 0.1) is 5.41 Å². The van der Waals surface area contributed by atoms with Crippen molar-refractivity contribution < 1.29 is 4.74 Å². The van der Waals surface area contributed by atoms with E-state index in [4.69, 9.17) is 10.5 Å². The summed E-state index contributed by atoms with van der Waals surface area (Å²) in [5.74, 6) is 1.06. The Hall–Kier alpha value is -1.22. The summed E-state index contributed by atoms with van der Waals surface area (Å²) in [5, 5.41) is 0. The first-order valence-corrected chi connectivity index (χ1v) is 6.89. The molecule has 1 fully saturated rings. The molecule has 1 aliphatic carbocycles. The molecule has 0 amide bonds. The predicted octanol–water partition coefficient (Wildman–Crippen LogP) is 2.19. The standard InChI is InChI=1S/C15H22N2O/c1-17(11-15(10-16)6-2-7-15)13-3-4-14-12(9-13)5-8-18-14/h3-4,9H,2,5-8,10-11,16H2,1H3. The molecule has 18 heavy (non-hydrogen) atoms. The van der Waals surface area contributed by atoms with Crippen molar-refractivity contribution >= 4 is 5.69 Å². The molecule has 3 heteroatoms. The van der Waals surface area contributed by atoms with E-state index < -0.39 is 0 Å². The maximum absolute atomic E-state index is 5.94. The van der Waals surface area contributed by atoms with Crippen LogP contribution >= 0.6 is 0 Å². The van der Waals surface area contributed by atoms with Gasteiger partial charge in [-0.25, -0.2) is 0 Å². The van der Waals surface area contributed by atoms with Gasteiger partial charge in [-0.15, -0.1) is 0 Å². The van der Waals surface area contributed by atoms with Gasteiger partial charge in [0.05, 0.1) is 6.61 Å². The summed E-state index contributed by atoms with van der Waals surface area (Å²) in [7, 11) is 2.17. The van der Waals surface area contributed by atoms with E-state index in [-0.39, 0.29) is 0 Å². The first-order chi connectivity index (χ1) is 8.72. The average molecular weight is 246 g/mol. The van der Waals surface area contributed by atoms with Crippen LogP contribution < -0.4 is 15.4 Å². The lowest BCUT2D eigenvalue weighted by atomic mass is 9.68. The Morgan fingerprint density at radius 2 is 2.22 bits per heavy atom. The monoisotopic (exact) mass is 246 g/mol. The molecule has 2 aliphatic rings. The highest BCUT2D eigenvalue weighted by atomic mass is 16.5. The van der Waals surface area contributed by atoms with Crippen LogP contribution in [0.2, 0.25) is 0 Å². The van der Waals surface area contributed by atoms with E-state index in [1.165, 1.54) is 30.5 Å². The van der Waals surface area contributed by atoms with E-state index in [0.29, 0.717) is 5.41 Å². The fourth-order valence-electron chi connectivity index (χ4n) is 3.11. The van der Waals surface area contributed by atoms with Crippen LogP contribution in [0.25, 0.3) is 0 Å². The molecule has 0 radical (unpaired) electrons. The van der Waals surface area contributed by atoms with Crippen molar-refractivity contribution in [3.05, 3.63) is 23.8 Å². The molecule has 0 unspecified atom stereocenters. The summed E-state index contributed by atoms with van der Waals surface area (Å²) in [6.45, 7) is 2.71. The minimum Gasteiger partial charge on any atom is -0.493 e. The number of ether oxygens (including phenoxy) is 1. The number of hydrogen-bond donors (Lipinski definition) is 1. The topological polar surface area (TPSA) is 38.5 Å². The Labute approximate surface area is 109 Å². The van der Waals surface area contributed by atoms with Gasteiger partial charge in [0.1, 0.15) is 5.75 Å². The molecule has 0 saturated heterocycles. The summed E-state index contributed by atoms with van der Waals surface area (Å²) < 4.78 is 5.55. The third-order valence-corrected chi connectivity index (χ3v) is 4.53. The molecule has 1 aliphatic heterocycles. The highest BCUT2D eigenvalue weighted by Gasteiger charge is 2.36. The number of nitrogens with zero attached hydrogens (tertiary/aromatic N) is 1. The van der Waals surface area contributed by atoms with Crippen LogP contribution in [0.1, 0.15) is 24.8 Å². The summed E-state index contributed by atoms with van der Waals surface area (Å²) >= 11 is 0. The first-order valence-electron chi connectivity index (χ1n) is 6.89. The largest absolute Gasteiger partial charge is 0.493 e. The number of nitrogens with two attached hydrogens (primary N) is 1. The van der Waals surface area contributed by atoms with Crippen LogP contribution in [-0.4, -0.2) is 26.7 Å². The zero-order valence-corrected chi connectivity index (χ0v) is 11.1. The molecular formula is C15H22N2O. The molecule has 0 spiro atoms. The Bertz CT molecular complexity index is 435. The lowest BCUT2D eigenvalue weighted by molar-refractivity contribution is 0.154. The lowest BCUT2D eigenvalue weighted by Crippen LogP contribution is -2.46. The van der Waals surface area contributed by atoms with Gasteiger partial charge in [-0.1, -0.05) is 6.42 Å². The molecule has 1 aromatic carbocycles. The minimum atomic E-state index is 0.365. The molecule has 0 bridgehead atoms. The van der Waals surface area contributed by atoms with E-state index in [9.17, 15) is 0 Å². The molecule has 0 atom stereocenters. The zero-order valence-electron chi connectivity index (χ0n) is 11.1. The van der Waals surface area contributed by atoms with Crippen molar-refractivity contribution in [3.63, 3.8) is 0 Å². The summed E-state index contributed by atoms with van der Waals surface area (Å²) in [5.41, 5.74) is 8.94. The van der Waals surface area contributed by atoms with Crippen molar-refractivity contribution in [1.29, 1.82) is 0 Å². The molecule has 0 aromatic heterocycles. The third-order valence-electron chi connectivity index (χ3n) is 4.53. The second-order valence-electron chi connectivity index (χ2n) is 5.80. The van der Waals surface area contributed by atoms with E-state index in [0.717, 1.165) is 31.9 Å². The smallest absolute Gasteiger partial charge is 0.122 e. The van der Waals surface area contributed by atoms with E-state index >= 15 is 0 Å². The second-order valence-corrected chi connectivity index (χ2v) is 5.80. The van der Waals surface area contributed by atoms with Crippen molar-refractivity contribution in [3.8, 4) is 5.75 Å². The summed E-state index contributed by atoms with van der Waals surface area (Å²) in [4.78, 5) is 2.35. The van der Waals surface area contributed by atoms with E-state index in [1.807, 2.05) is 0 Å². The van der Waals surface area contributed by atoms with Crippen molar-refractivity contribution in [1.82, 2.24) is 0 Å². The van der Waals surface area contributed by atoms with Gasteiger partial charge in [0.25, 0.3) is 0 Å². The van der Waals surface area contributed by atoms with Crippen LogP contribution in [-0.2, 0) is 6.42 Å². The number of anilines is 1. The van der Waals surface area contributed by atoms with Crippen molar-refractivity contribution in [2.24, 2.45) is 11.1 Å². The highest BCUT2D eigenvalue weighted by Crippen LogP contribution is 2.41. The third kappa shape index (κ3) is 1.97. The van der Waals surface area contributed by atoms with Crippen LogP contribution in [0.3, 0.4) is 0 Å². The van der Waals surface area contributed by atoms with Gasteiger partial charge < -0.3 is 15.4 Å². The number of benzene rings is 1. The molecule has 2 N–H and O–H groups in total. The van der Waals surface area contributed by atoms with Gasteiger partial charge in [0.2, 0.25) is 0 Å². The summed E-state index contributed by atoms with van der Waals surface area (Å²) in [6, 6.07) is 6.53. The number of hydrogen-bond acceptors (Lipinski definition) is 3. The first kappa shape index (κ1) is 11.8. The molecule has 1 aromatic rings. The SMILES string of the molecule is CN(CC1(CN)CCC1)c1ccc2c(c1)CCO2. The van der Waals surface area contributed by atoms with E-state index in [2.05, 4.69) is 30.1 Å². The summed E-state index contributed by atoms with van der Waals surface area (Å²) in [6.07, 6.45) is 4.94. The van der Waals surface area contributed by atoms with Gasteiger partial charge in [0.15, 0.2) is 0 Å². The normalized spacial score (nSPS) is 19.9. The van der Waals surface area contributed by atoms with Crippen LogP contribution in [0.4, 0.5) is 5.69 Å². The number of fused-ring (bicyclic) bond motifs is 1. The maximum atomic E-state index is 5.94. The van der Waals surface area contributed by atoms with Gasteiger partial charge >= 0.3 is 0 Å². The molecule has 98 valence electrons. The predicted molar refractivity (Wildman–Crippen MR) is 74.2 cm³/mol. The molecular weight excluding hydrogens is 224 g/mol. The van der Waals surface area contributed by atoms with Crippen LogP contribution in [0.15, 0.2) is 18.2 Å². The number of rotatable bonds is 4.